The number of likely N-dealkylation sites (tertiary alicyclic amines) is 1. The van der Waals surface area contributed by atoms with E-state index in [0.29, 0.717) is 6.42 Å². The van der Waals surface area contributed by atoms with E-state index in [2.05, 4.69) is 0 Å². The van der Waals surface area contributed by atoms with Crippen molar-refractivity contribution in [2.24, 2.45) is 5.73 Å². The number of amides is 1. The first-order chi connectivity index (χ1) is 7.75. The highest BCUT2D eigenvalue weighted by molar-refractivity contribution is 5.85. The fraction of sp³-hybridized carbons (Fsp3) is 0.917. The quantitative estimate of drug-likeness (QED) is 0.817. The van der Waals surface area contributed by atoms with Crippen molar-refractivity contribution in [2.45, 2.75) is 50.7 Å². The number of carbonyl (C=O) groups is 1. The van der Waals surface area contributed by atoms with Gasteiger partial charge in [0, 0.05) is 25.7 Å². The van der Waals surface area contributed by atoms with Crippen molar-refractivity contribution in [3.05, 3.63) is 0 Å². The van der Waals surface area contributed by atoms with Gasteiger partial charge in [-0.25, -0.2) is 0 Å². The molecule has 2 saturated heterocycles. The van der Waals surface area contributed by atoms with Crippen LogP contribution >= 0.6 is 12.4 Å². The Bertz CT molecular complexity index is 245. The molecule has 0 saturated carbocycles. The van der Waals surface area contributed by atoms with Crippen LogP contribution in [-0.4, -0.2) is 42.6 Å². The molecule has 0 aromatic rings. The van der Waals surface area contributed by atoms with E-state index >= 15 is 0 Å². The fourth-order valence-corrected chi connectivity index (χ4v) is 2.53. The summed E-state index contributed by atoms with van der Waals surface area (Å²) in [6, 6.07) is 0.171. The van der Waals surface area contributed by atoms with Crippen LogP contribution in [0, 0.1) is 0 Å². The molecule has 0 aromatic heterocycles. The molecule has 2 fully saturated rings. The van der Waals surface area contributed by atoms with Crippen molar-refractivity contribution in [2.75, 3.05) is 19.7 Å². The molecule has 1 amide bonds. The monoisotopic (exact) mass is 262 g/mol. The zero-order valence-corrected chi connectivity index (χ0v) is 11.1. The number of nitrogens with zero attached hydrogens (tertiary/aromatic N) is 1. The summed E-state index contributed by atoms with van der Waals surface area (Å²) in [4.78, 5) is 13.9. The summed E-state index contributed by atoms with van der Waals surface area (Å²) in [5.41, 5.74) is 5.87. The van der Waals surface area contributed by atoms with Gasteiger partial charge in [0.15, 0.2) is 0 Å². The highest BCUT2D eigenvalue weighted by Crippen LogP contribution is 2.18. The second kappa shape index (κ2) is 7.19. The maximum absolute atomic E-state index is 12.0. The van der Waals surface area contributed by atoms with Crippen molar-refractivity contribution >= 4 is 18.3 Å². The van der Waals surface area contributed by atoms with Crippen LogP contribution in [0.1, 0.15) is 38.5 Å². The number of ether oxygens (including phenoxy) is 1. The van der Waals surface area contributed by atoms with E-state index in [4.69, 9.17) is 10.5 Å². The third kappa shape index (κ3) is 4.45. The van der Waals surface area contributed by atoms with Crippen molar-refractivity contribution < 1.29 is 9.53 Å². The van der Waals surface area contributed by atoms with Gasteiger partial charge in [-0.3, -0.25) is 4.79 Å². The number of piperidine rings is 1. The summed E-state index contributed by atoms with van der Waals surface area (Å²) in [6.45, 7) is 2.42. The molecule has 2 N–H and O–H groups in total. The van der Waals surface area contributed by atoms with Crippen LogP contribution in [0.5, 0.6) is 0 Å². The molecule has 2 heterocycles. The van der Waals surface area contributed by atoms with E-state index in [0.717, 1.165) is 45.4 Å². The molecule has 2 atom stereocenters. The third-order valence-corrected chi connectivity index (χ3v) is 3.49. The van der Waals surface area contributed by atoms with Crippen molar-refractivity contribution in [3.8, 4) is 0 Å². The molecular weight excluding hydrogens is 240 g/mol. The van der Waals surface area contributed by atoms with Crippen LogP contribution in [0.4, 0.5) is 0 Å². The van der Waals surface area contributed by atoms with Crippen molar-refractivity contribution in [1.29, 1.82) is 0 Å². The molecule has 0 aromatic carbocycles. The Morgan fingerprint density at radius 2 is 2.12 bits per heavy atom. The number of carbonyl (C=O) groups excluding carboxylic acids is 1. The Kier molecular flexibility index (Phi) is 6.23. The molecule has 4 nitrogen and oxygen atoms in total. The smallest absolute Gasteiger partial charge is 0.225 e. The molecule has 0 spiro atoms. The Labute approximate surface area is 109 Å². The Morgan fingerprint density at radius 3 is 2.76 bits per heavy atom. The van der Waals surface area contributed by atoms with Gasteiger partial charge in [0.25, 0.3) is 0 Å². The van der Waals surface area contributed by atoms with E-state index in [1.165, 1.54) is 6.42 Å². The van der Waals surface area contributed by atoms with Crippen LogP contribution in [0.3, 0.4) is 0 Å². The van der Waals surface area contributed by atoms with Crippen LogP contribution in [0.25, 0.3) is 0 Å². The minimum atomic E-state index is 0. The minimum absolute atomic E-state index is 0. The molecule has 2 unspecified atom stereocenters. The first kappa shape index (κ1) is 14.7. The lowest BCUT2D eigenvalue weighted by atomic mass is 10.0. The first-order valence-corrected chi connectivity index (χ1v) is 6.40. The standard InChI is InChI=1S/C12H22N2O2.ClH/c13-10-4-3-6-14(9-10)12(15)8-11-5-1-2-7-16-11;/h10-11H,1-9,13H2;1H. The van der Waals surface area contributed by atoms with Crippen LogP contribution < -0.4 is 5.73 Å². The van der Waals surface area contributed by atoms with E-state index in [-0.39, 0.29) is 30.5 Å². The molecule has 2 aliphatic heterocycles. The average molecular weight is 263 g/mol. The van der Waals surface area contributed by atoms with Gasteiger partial charge in [-0.1, -0.05) is 0 Å². The summed E-state index contributed by atoms with van der Waals surface area (Å²) in [5, 5.41) is 0. The third-order valence-electron chi connectivity index (χ3n) is 3.49. The zero-order chi connectivity index (χ0) is 11.4. The van der Waals surface area contributed by atoms with Gasteiger partial charge in [0.1, 0.15) is 0 Å². The van der Waals surface area contributed by atoms with Crippen LogP contribution in [0.15, 0.2) is 0 Å². The van der Waals surface area contributed by atoms with Crippen LogP contribution in [0.2, 0.25) is 0 Å². The largest absolute Gasteiger partial charge is 0.378 e. The number of hydrogen-bond donors (Lipinski definition) is 1. The summed E-state index contributed by atoms with van der Waals surface area (Å²) in [6.07, 6.45) is 6.15. The SMILES string of the molecule is Cl.NC1CCCN(C(=O)CC2CCCCO2)C1. The molecule has 2 rings (SSSR count). The van der Waals surface area contributed by atoms with Gasteiger partial charge >= 0.3 is 0 Å². The van der Waals surface area contributed by atoms with Crippen LogP contribution in [-0.2, 0) is 9.53 Å². The minimum Gasteiger partial charge on any atom is -0.378 e. The molecule has 0 aliphatic carbocycles. The predicted octanol–water partition coefficient (Wildman–Crippen LogP) is 1.32. The Hall–Kier alpha value is -0.320. The number of halogens is 1. The van der Waals surface area contributed by atoms with Crippen molar-refractivity contribution in [1.82, 2.24) is 4.90 Å². The summed E-state index contributed by atoms with van der Waals surface area (Å²) < 4.78 is 5.59. The normalized spacial score (nSPS) is 29.6. The van der Waals surface area contributed by atoms with Gasteiger partial charge in [-0.2, -0.15) is 0 Å². The molecule has 2 aliphatic rings. The second-order valence-corrected chi connectivity index (χ2v) is 4.93. The molecular formula is C12H23ClN2O2. The van der Waals surface area contributed by atoms with E-state index in [1.54, 1.807) is 0 Å². The summed E-state index contributed by atoms with van der Waals surface area (Å²) in [5.74, 6) is 0.224. The van der Waals surface area contributed by atoms with Gasteiger partial charge in [0.2, 0.25) is 5.91 Å². The average Bonchev–Trinajstić information content (AvgIpc) is 2.30. The molecule has 17 heavy (non-hydrogen) atoms. The van der Waals surface area contributed by atoms with E-state index < -0.39 is 0 Å². The highest BCUT2D eigenvalue weighted by atomic mass is 35.5. The Balaban J connectivity index is 0.00000144. The van der Waals surface area contributed by atoms with Gasteiger partial charge in [0.05, 0.1) is 12.5 Å². The summed E-state index contributed by atoms with van der Waals surface area (Å²) >= 11 is 0. The lowest BCUT2D eigenvalue weighted by molar-refractivity contribution is -0.136. The Morgan fingerprint density at radius 1 is 1.29 bits per heavy atom. The molecule has 100 valence electrons. The fourth-order valence-electron chi connectivity index (χ4n) is 2.53. The van der Waals surface area contributed by atoms with Crippen molar-refractivity contribution in [3.63, 3.8) is 0 Å². The predicted molar refractivity (Wildman–Crippen MR) is 69.2 cm³/mol. The molecule has 5 heteroatoms. The van der Waals surface area contributed by atoms with E-state index in [9.17, 15) is 4.79 Å². The zero-order valence-electron chi connectivity index (χ0n) is 10.3. The number of hydrogen-bond acceptors (Lipinski definition) is 3. The lowest BCUT2D eigenvalue weighted by Crippen LogP contribution is -2.46. The van der Waals surface area contributed by atoms with E-state index in [1.807, 2.05) is 4.90 Å². The second-order valence-electron chi connectivity index (χ2n) is 4.93. The van der Waals surface area contributed by atoms with Gasteiger partial charge < -0.3 is 15.4 Å². The lowest BCUT2D eigenvalue weighted by Gasteiger charge is -2.32. The number of rotatable bonds is 2. The maximum Gasteiger partial charge on any atom is 0.225 e. The van der Waals surface area contributed by atoms with Gasteiger partial charge in [-0.15, -0.1) is 12.4 Å². The summed E-state index contributed by atoms with van der Waals surface area (Å²) in [7, 11) is 0. The molecule has 0 bridgehead atoms. The molecule has 0 radical (unpaired) electrons. The number of nitrogens with two attached hydrogens (primary N) is 1. The topological polar surface area (TPSA) is 55.6 Å². The first-order valence-electron chi connectivity index (χ1n) is 6.40. The van der Waals surface area contributed by atoms with Gasteiger partial charge in [-0.05, 0) is 32.1 Å². The highest BCUT2D eigenvalue weighted by Gasteiger charge is 2.24. The maximum atomic E-state index is 12.0.